The summed E-state index contributed by atoms with van der Waals surface area (Å²) in [5.41, 5.74) is 1.47. The number of nitrogens with zero attached hydrogens (tertiary/aromatic N) is 2. The number of aliphatic carboxylic acids is 1. The zero-order valence-electron chi connectivity index (χ0n) is 15.1. The Labute approximate surface area is 160 Å². The molecule has 1 aliphatic heterocycles. The quantitative estimate of drug-likeness (QED) is 0.747. The number of carboxylic acids is 1. The highest BCUT2D eigenvalue weighted by atomic mass is 32.1. The second kappa shape index (κ2) is 8.36. The van der Waals surface area contributed by atoms with Gasteiger partial charge in [0.25, 0.3) is 0 Å². The number of likely N-dealkylation sites (tertiary alicyclic amines) is 1. The molecule has 0 unspecified atom stereocenters. The van der Waals surface area contributed by atoms with Crippen LogP contribution in [0.1, 0.15) is 12.8 Å². The Balaban J connectivity index is 1.68. The van der Waals surface area contributed by atoms with E-state index in [9.17, 15) is 14.7 Å². The van der Waals surface area contributed by atoms with E-state index in [4.69, 9.17) is 9.47 Å². The Morgan fingerprint density at radius 1 is 1.37 bits per heavy atom. The van der Waals surface area contributed by atoms with Crippen molar-refractivity contribution in [3.63, 3.8) is 0 Å². The lowest BCUT2D eigenvalue weighted by Gasteiger charge is -2.19. The van der Waals surface area contributed by atoms with Gasteiger partial charge >= 0.3 is 5.97 Å². The number of anilines is 1. The first-order valence-electron chi connectivity index (χ1n) is 8.46. The number of amides is 1. The molecule has 1 aromatic heterocycles. The molecule has 1 aromatic carbocycles. The number of hydrogen-bond acceptors (Lipinski definition) is 7. The molecule has 1 fully saturated rings. The summed E-state index contributed by atoms with van der Waals surface area (Å²) in [5, 5.41) is 14.2. The van der Waals surface area contributed by atoms with Gasteiger partial charge in [-0.25, -0.2) is 4.98 Å². The number of carbonyl (C=O) groups excluding carboxylic acids is 1. The van der Waals surface area contributed by atoms with Gasteiger partial charge in [0.05, 0.1) is 26.5 Å². The minimum atomic E-state index is -0.886. The monoisotopic (exact) mass is 391 g/mol. The molecule has 0 spiro atoms. The fraction of sp³-hybridized carbons (Fsp3) is 0.389. The Hall–Kier alpha value is -2.65. The van der Waals surface area contributed by atoms with Crippen molar-refractivity contribution >= 4 is 28.3 Å². The Kier molecular flexibility index (Phi) is 5.92. The van der Waals surface area contributed by atoms with Crippen molar-refractivity contribution in [1.29, 1.82) is 0 Å². The van der Waals surface area contributed by atoms with Crippen LogP contribution in [0.3, 0.4) is 0 Å². The lowest BCUT2D eigenvalue weighted by atomic mass is 10.1. The normalized spacial score (nSPS) is 16.9. The number of carboxylic acid groups (broad SMARTS) is 1. The highest BCUT2D eigenvalue weighted by Gasteiger charge is 2.31. The van der Waals surface area contributed by atoms with Crippen molar-refractivity contribution in [3.8, 4) is 22.8 Å². The lowest BCUT2D eigenvalue weighted by Crippen LogP contribution is -2.40. The van der Waals surface area contributed by atoms with Crippen LogP contribution >= 0.6 is 11.3 Å². The molecule has 1 saturated heterocycles. The number of aromatic nitrogens is 1. The molecule has 2 N–H and O–H groups in total. The number of carbonyl (C=O) groups is 2. The molecule has 3 rings (SSSR count). The van der Waals surface area contributed by atoms with Crippen LogP contribution in [0.2, 0.25) is 0 Å². The first kappa shape index (κ1) is 19.1. The van der Waals surface area contributed by atoms with E-state index in [1.54, 1.807) is 25.2 Å². The van der Waals surface area contributed by atoms with Crippen LogP contribution in [0.15, 0.2) is 23.6 Å². The molecule has 0 saturated carbocycles. The van der Waals surface area contributed by atoms with Gasteiger partial charge in [0, 0.05) is 17.0 Å². The molecular weight excluding hydrogens is 370 g/mol. The maximum absolute atomic E-state index is 12.3. The minimum absolute atomic E-state index is 0.0394. The molecule has 1 atom stereocenters. The van der Waals surface area contributed by atoms with E-state index in [1.807, 2.05) is 17.5 Å². The van der Waals surface area contributed by atoms with E-state index < -0.39 is 12.0 Å². The Bertz CT molecular complexity index is 838. The molecule has 0 aliphatic carbocycles. The fourth-order valence-electron chi connectivity index (χ4n) is 3.10. The Morgan fingerprint density at radius 3 is 2.89 bits per heavy atom. The number of hydrogen-bond donors (Lipinski definition) is 2. The number of thiazole rings is 1. The number of ether oxygens (including phenoxy) is 2. The summed E-state index contributed by atoms with van der Waals surface area (Å²) in [6, 6.07) is 4.84. The third-order valence-electron chi connectivity index (χ3n) is 4.43. The van der Waals surface area contributed by atoms with E-state index >= 15 is 0 Å². The van der Waals surface area contributed by atoms with Crippen LogP contribution in [0.4, 0.5) is 5.13 Å². The van der Waals surface area contributed by atoms with Crippen LogP contribution in [-0.2, 0) is 9.59 Å². The van der Waals surface area contributed by atoms with Gasteiger partial charge in [-0.05, 0) is 31.5 Å². The van der Waals surface area contributed by atoms with Gasteiger partial charge in [-0.1, -0.05) is 0 Å². The highest BCUT2D eigenvalue weighted by molar-refractivity contribution is 7.14. The highest BCUT2D eigenvalue weighted by Crippen LogP contribution is 2.34. The second-order valence-corrected chi connectivity index (χ2v) is 6.98. The summed E-state index contributed by atoms with van der Waals surface area (Å²) >= 11 is 1.30. The predicted octanol–water partition coefficient (Wildman–Crippen LogP) is 2.31. The summed E-state index contributed by atoms with van der Waals surface area (Å²) < 4.78 is 10.6. The fourth-order valence-corrected chi connectivity index (χ4v) is 3.83. The smallest absolute Gasteiger partial charge is 0.320 e. The van der Waals surface area contributed by atoms with E-state index in [2.05, 4.69) is 10.3 Å². The van der Waals surface area contributed by atoms with Crippen LogP contribution in [-0.4, -0.2) is 60.2 Å². The summed E-state index contributed by atoms with van der Waals surface area (Å²) in [6.07, 6.45) is 1.35. The van der Waals surface area contributed by atoms with E-state index in [0.717, 1.165) is 12.0 Å². The molecule has 1 aliphatic rings. The second-order valence-electron chi connectivity index (χ2n) is 6.12. The first-order chi connectivity index (χ1) is 13.0. The van der Waals surface area contributed by atoms with Crippen molar-refractivity contribution < 1.29 is 24.2 Å². The topological polar surface area (TPSA) is 101 Å². The summed E-state index contributed by atoms with van der Waals surface area (Å²) in [5.74, 6) is 0.144. The molecule has 2 heterocycles. The Morgan fingerprint density at radius 2 is 2.19 bits per heavy atom. The maximum Gasteiger partial charge on any atom is 0.320 e. The molecule has 1 amide bonds. The van der Waals surface area contributed by atoms with E-state index in [-0.39, 0.29) is 12.5 Å². The number of rotatable bonds is 7. The third kappa shape index (κ3) is 4.37. The van der Waals surface area contributed by atoms with Crippen molar-refractivity contribution in [3.05, 3.63) is 23.6 Å². The van der Waals surface area contributed by atoms with Crippen molar-refractivity contribution in [2.75, 3.05) is 32.6 Å². The van der Waals surface area contributed by atoms with Gasteiger partial charge in [-0.2, -0.15) is 0 Å². The zero-order valence-corrected chi connectivity index (χ0v) is 15.9. The standard InChI is InChI=1S/C18H21N3O5S/c1-25-11-5-6-12(15(8-11)26-2)13-10-27-18(19-13)20-16(22)9-21-7-3-4-14(21)17(23)24/h5-6,8,10,14H,3-4,7,9H2,1-2H3,(H,23,24)(H,19,20,22)/t14-/m1/s1. The van der Waals surface area contributed by atoms with Gasteiger partial charge in [-0.3, -0.25) is 14.5 Å². The van der Waals surface area contributed by atoms with Crippen molar-refractivity contribution in [2.24, 2.45) is 0 Å². The summed E-state index contributed by atoms with van der Waals surface area (Å²) in [6.45, 7) is 0.647. The average Bonchev–Trinajstić information content (AvgIpc) is 3.30. The van der Waals surface area contributed by atoms with Gasteiger partial charge in [0.2, 0.25) is 5.91 Å². The molecule has 9 heteroatoms. The van der Waals surface area contributed by atoms with Crippen LogP contribution < -0.4 is 14.8 Å². The molecule has 27 heavy (non-hydrogen) atoms. The maximum atomic E-state index is 12.3. The van der Waals surface area contributed by atoms with E-state index in [1.165, 1.54) is 11.3 Å². The van der Waals surface area contributed by atoms with Crippen LogP contribution in [0.25, 0.3) is 11.3 Å². The molecule has 8 nitrogen and oxygen atoms in total. The average molecular weight is 391 g/mol. The number of benzene rings is 1. The SMILES string of the molecule is COc1ccc(-c2csc(NC(=O)CN3CCC[C@@H]3C(=O)O)n2)c(OC)c1. The van der Waals surface area contributed by atoms with E-state index in [0.29, 0.717) is 35.3 Å². The summed E-state index contributed by atoms with van der Waals surface area (Å²) in [4.78, 5) is 29.6. The first-order valence-corrected chi connectivity index (χ1v) is 9.34. The number of methoxy groups -OCH3 is 2. The van der Waals surface area contributed by atoms with Gasteiger partial charge < -0.3 is 19.9 Å². The molecular formula is C18H21N3O5S. The third-order valence-corrected chi connectivity index (χ3v) is 5.19. The molecule has 0 bridgehead atoms. The molecule has 144 valence electrons. The zero-order chi connectivity index (χ0) is 19.4. The van der Waals surface area contributed by atoms with Crippen LogP contribution in [0, 0.1) is 0 Å². The number of nitrogens with one attached hydrogen (secondary N) is 1. The van der Waals surface area contributed by atoms with Crippen molar-refractivity contribution in [1.82, 2.24) is 9.88 Å². The predicted molar refractivity (Wildman–Crippen MR) is 102 cm³/mol. The molecule has 0 radical (unpaired) electrons. The lowest BCUT2D eigenvalue weighted by molar-refractivity contribution is -0.142. The van der Waals surface area contributed by atoms with Gasteiger partial charge in [-0.15, -0.1) is 11.3 Å². The largest absolute Gasteiger partial charge is 0.497 e. The molecule has 2 aromatic rings. The summed E-state index contributed by atoms with van der Waals surface area (Å²) in [7, 11) is 3.16. The van der Waals surface area contributed by atoms with Gasteiger partial charge in [0.1, 0.15) is 17.5 Å². The van der Waals surface area contributed by atoms with Crippen molar-refractivity contribution in [2.45, 2.75) is 18.9 Å². The van der Waals surface area contributed by atoms with Gasteiger partial charge in [0.15, 0.2) is 5.13 Å². The minimum Gasteiger partial charge on any atom is -0.497 e. The van der Waals surface area contributed by atoms with Crippen LogP contribution in [0.5, 0.6) is 11.5 Å².